The van der Waals surface area contributed by atoms with Gasteiger partial charge in [-0.3, -0.25) is 19.9 Å². The fraction of sp³-hybridized carbons (Fsp3) is 0.107. The predicted octanol–water partition coefficient (Wildman–Crippen LogP) is 13.4. The maximum atomic E-state index is 9.75. The number of nitrogens with zero attached hydrogens (tertiary/aromatic N) is 6. The van der Waals surface area contributed by atoms with Crippen molar-refractivity contribution >= 4 is 36.1 Å². The van der Waals surface area contributed by atoms with E-state index in [0.29, 0.717) is 37.9 Å². The van der Waals surface area contributed by atoms with Gasteiger partial charge < -0.3 is 63.7 Å². The molecule has 2 N–H and O–H groups in total. The van der Waals surface area contributed by atoms with E-state index in [4.69, 9.17) is 39.1 Å². The number of pyridine rings is 6. The molecule has 0 saturated heterocycles. The van der Waals surface area contributed by atoms with E-state index in [-0.39, 0.29) is 16.8 Å². The number of aliphatic hydroxyl groups is 2. The zero-order chi connectivity index (χ0) is 56.2. The fourth-order valence-electron chi connectivity index (χ4n) is 6.91. The van der Waals surface area contributed by atoms with Crippen molar-refractivity contribution < 1.29 is 80.5 Å². The molecule has 0 spiro atoms. The number of ether oxygens (including phenoxy) is 4. The number of aromatic nitrogens is 6. The maximum absolute atomic E-state index is 9.75. The summed E-state index contributed by atoms with van der Waals surface area (Å²) >= 11 is 0. The van der Waals surface area contributed by atoms with Gasteiger partial charge in [-0.05, 0) is 94.3 Å². The minimum absolute atomic E-state index is 0. The van der Waals surface area contributed by atoms with E-state index in [1.165, 1.54) is 10.8 Å². The molecule has 0 bridgehead atoms. The molecule has 0 aliphatic carbocycles. The third kappa shape index (κ3) is 22.9. The van der Waals surface area contributed by atoms with Gasteiger partial charge in [-0.2, -0.15) is 0 Å². The number of rotatable bonds is 14. The zero-order valence-corrected chi connectivity index (χ0v) is 43.2. The molecule has 411 valence electrons. The molecule has 4 aromatic carbocycles. The first-order valence-corrected chi connectivity index (χ1v) is 23.5. The second-order valence-electron chi connectivity index (χ2n) is 15.4. The molecule has 79 heavy (non-hydrogen) atoms. The zero-order valence-electron chi connectivity index (χ0n) is 42.2. The molecule has 0 aliphatic rings. The summed E-state index contributed by atoms with van der Waals surface area (Å²) in [7, 11) is -10.0. The van der Waals surface area contributed by atoms with Gasteiger partial charge in [-0.1, -0.05) is 84.9 Å². The first kappa shape index (κ1) is 63.0. The van der Waals surface area contributed by atoms with Crippen molar-refractivity contribution in [2.45, 2.75) is 0 Å². The van der Waals surface area contributed by atoms with Crippen LogP contribution in [-0.2, 0) is 16.8 Å². The summed E-state index contributed by atoms with van der Waals surface area (Å²) in [5.74, 6) is 3.04. The Hall–Kier alpha value is -8.50. The third-order valence-electron chi connectivity index (χ3n) is 9.99. The summed E-state index contributed by atoms with van der Waals surface area (Å²) in [5.41, 5.74) is 6.06. The average molecular weight is 1140 g/mol. The minimum atomic E-state index is -6.00. The monoisotopic (exact) mass is 1140 g/mol. The maximum Gasteiger partial charge on any atom is 2.00 e. The van der Waals surface area contributed by atoms with Crippen molar-refractivity contribution in [3.63, 3.8) is 0 Å². The Morgan fingerprint density at radius 1 is 0.304 bits per heavy atom. The normalized spacial score (nSPS) is 10.4. The molecule has 0 atom stereocenters. The molecule has 0 unspecified atom stereocenters. The van der Waals surface area contributed by atoms with Crippen molar-refractivity contribution in [3.05, 3.63) is 207 Å². The molecule has 6 heterocycles. The Kier molecular flexibility index (Phi) is 26.3. The van der Waals surface area contributed by atoms with Gasteiger partial charge in [0.25, 0.3) is 0 Å². The van der Waals surface area contributed by atoms with Gasteiger partial charge in [-0.25, -0.2) is 9.97 Å². The summed E-state index contributed by atoms with van der Waals surface area (Å²) in [6.07, 6.45) is 7.01. The Labute approximate surface area is 460 Å². The van der Waals surface area contributed by atoms with E-state index < -0.39 is 14.5 Å². The largest absolute Gasteiger partial charge is 2.00 e. The van der Waals surface area contributed by atoms with Gasteiger partial charge in [0, 0.05) is 63.3 Å². The van der Waals surface area contributed by atoms with Crippen molar-refractivity contribution in [1.29, 1.82) is 0 Å². The molecule has 0 saturated carbocycles. The first-order chi connectivity index (χ1) is 37.7. The number of halogens is 8. The summed E-state index contributed by atoms with van der Waals surface area (Å²) in [6.45, 7) is 1.66. The number of hydrogen-bond donors (Lipinski definition) is 2. The molecule has 12 nitrogen and oxygen atoms in total. The van der Waals surface area contributed by atoms with E-state index in [9.17, 15) is 34.5 Å². The summed E-state index contributed by atoms with van der Waals surface area (Å²) in [5, 5.41) is 18.7. The standard InChI is InChI=1S/2C27H21N3O2.2CH4O.2BF4.Co/c2*1-2-8-21-17-22(12-11-20(21)7-1)31-15-16-32-23-18-26(24-9-3-5-13-28-24)30-27(19-23)25-10-4-6-14-29-25;2*1-2;2*2-1(3,4)5;/h2*1-14,17-19H,15-16H2;2*2H,1H3;;;/q;;;;2*-1;+2. The van der Waals surface area contributed by atoms with Crippen LogP contribution in [0.25, 0.3) is 67.1 Å². The van der Waals surface area contributed by atoms with Gasteiger partial charge in [-0.15, -0.1) is 0 Å². The molecule has 1 radical (unpaired) electrons. The van der Waals surface area contributed by atoms with Crippen LogP contribution in [0.3, 0.4) is 0 Å². The van der Waals surface area contributed by atoms with Gasteiger partial charge in [0.2, 0.25) is 0 Å². The van der Waals surface area contributed by atoms with Crippen molar-refractivity contribution in [3.8, 4) is 68.5 Å². The van der Waals surface area contributed by atoms with E-state index in [1.807, 2.05) is 146 Å². The smallest absolute Gasteiger partial charge is 0.490 e. The quantitative estimate of drug-likeness (QED) is 0.0605. The fourth-order valence-corrected chi connectivity index (χ4v) is 6.91. The SMILES string of the molecule is CO.CO.F[B-](F)(F)F.F[B-](F)(F)F.[Co+2].c1ccc(-c2cc(OCCOc3ccc4ccccc4c3)cc(-c3ccccn3)n2)nc1.c1ccc(-c2cc(OCCOc3ccc4ccccc4c3)cc(-c3ccccn3)n2)nc1. The Balaban J connectivity index is 0.000000273. The second-order valence-corrected chi connectivity index (χ2v) is 15.4. The van der Waals surface area contributed by atoms with E-state index in [1.54, 1.807) is 24.8 Å². The van der Waals surface area contributed by atoms with Crippen LogP contribution < -0.4 is 18.9 Å². The van der Waals surface area contributed by atoms with Crippen LogP contribution in [0, 0.1) is 0 Å². The third-order valence-corrected chi connectivity index (χ3v) is 9.99. The van der Waals surface area contributed by atoms with Gasteiger partial charge in [0.15, 0.2) is 0 Å². The van der Waals surface area contributed by atoms with Crippen LogP contribution in [0.1, 0.15) is 0 Å². The second kappa shape index (κ2) is 32.9. The number of fused-ring (bicyclic) bond motifs is 2. The number of benzene rings is 4. The molecule has 6 aromatic heterocycles. The molecular formula is C56H50B2CoF8N6O6. The number of hydrogen-bond acceptors (Lipinski definition) is 12. The average Bonchev–Trinajstić information content (AvgIpc) is 3.47. The summed E-state index contributed by atoms with van der Waals surface area (Å²) < 4.78 is 102. The Morgan fingerprint density at radius 3 is 0.797 bits per heavy atom. The number of aliphatic hydroxyl groups excluding tert-OH is 2. The van der Waals surface area contributed by atoms with E-state index in [0.717, 1.165) is 82.0 Å². The Morgan fingerprint density at radius 2 is 0.544 bits per heavy atom. The van der Waals surface area contributed by atoms with Gasteiger partial charge in [0.1, 0.15) is 49.4 Å². The van der Waals surface area contributed by atoms with Gasteiger partial charge in [0.05, 0.1) is 45.6 Å². The van der Waals surface area contributed by atoms with Crippen molar-refractivity contribution in [2.75, 3.05) is 40.6 Å². The van der Waals surface area contributed by atoms with Gasteiger partial charge >= 0.3 is 31.3 Å². The summed E-state index contributed by atoms with van der Waals surface area (Å²) in [4.78, 5) is 27.2. The van der Waals surface area contributed by atoms with Crippen molar-refractivity contribution in [1.82, 2.24) is 29.9 Å². The molecule has 0 amide bonds. The van der Waals surface area contributed by atoms with Crippen LogP contribution in [-0.4, -0.2) is 95.3 Å². The topological polar surface area (TPSA) is 155 Å². The van der Waals surface area contributed by atoms with Crippen molar-refractivity contribution in [2.24, 2.45) is 0 Å². The molecule has 10 aromatic rings. The van der Waals surface area contributed by atoms with Crippen LogP contribution in [0.2, 0.25) is 0 Å². The minimum Gasteiger partial charge on any atom is -0.490 e. The molecular weight excluding hydrogens is 1090 g/mol. The van der Waals surface area contributed by atoms with Crippen LogP contribution in [0.15, 0.2) is 207 Å². The van der Waals surface area contributed by atoms with E-state index >= 15 is 0 Å². The predicted molar refractivity (Wildman–Crippen MR) is 288 cm³/mol. The molecule has 0 aliphatic heterocycles. The molecule has 0 fully saturated rings. The summed E-state index contributed by atoms with van der Waals surface area (Å²) in [6, 6.07) is 59.2. The van der Waals surface area contributed by atoms with Crippen LogP contribution >= 0.6 is 0 Å². The first-order valence-electron chi connectivity index (χ1n) is 23.5. The van der Waals surface area contributed by atoms with Crippen LogP contribution in [0.5, 0.6) is 23.0 Å². The molecule has 23 heteroatoms. The molecule has 10 rings (SSSR count). The van der Waals surface area contributed by atoms with E-state index in [2.05, 4.69) is 56.3 Å². The Bertz CT molecular complexity index is 2990. The van der Waals surface area contributed by atoms with Crippen LogP contribution in [0.4, 0.5) is 34.5 Å².